The minimum absolute atomic E-state index is 0.0944. The van der Waals surface area contributed by atoms with Crippen molar-refractivity contribution in [3.8, 4) is 0 Å². The summed E-state index contributed by atoms with van der Waals surface area (Å²) in [7, 11) is 0. The van der Waals surface area contributed by atoms with Crippen molar-refractivity contribution in [2.45, 2.75) is 65.9 Å². The number of nitrogens with one attached hydrogen (secondary N) is 2. The Balaban J connectivity index is 1.65. The van der Waals surface area contributed by atoms with Gasteiger partial charge >= 0.3 is 6.09 Å². The average molecular weight is 541 g/mol. The number of hydrogen-bond acceptors (Lipinski definition) is 5. The fourth-order valence-electron chi connectivity index (χ4n) is 3.79. The molecule has 2 N–H and O–H groups in total. The monoisotopic (exact) mass is 540 g/mol. The molecule has 0 atom stereocenters. The van der Waals surface area contributed by atoms with E-state index in [-0.39, 0.29) is 36.5 Å². The molecule has 2 amide bonds. The molecule has 0 aliphatic heterocycles. The van der Waals surface area contributed by atoms with E-state index in [9.17, 15) is 19.2 Å². The van der Waals surface area contributed by atoms with Crippen molar-refractivity contribution in [1.29, 1.82) is 0 Å². The normalized spacial score (nSPS) is 11.2. The van der Waals surface area contributed by atoms with Crippen LogP contribution in [0.2, 0.25) is 5.02 Å². The lowest BCUT2D eigenvalue weighted by atomic mass is 10.1. The van der Waals surface area contributed by atoms with E-state index in [1.807, 2.05) is 0 Å². The zero-order valence-electron chi connectivity index (χ0n) is 22.0. The van der Waals surface area contributed by atoms with Gasteiger partial charge in [-0.05, 0) is 68.7 Å². The fraction of sp³-hybridized carbons (Fsp3) is 0.357. The van der Waals surface area contributed by atoms with Crippen LogP contribution in [0.1, 0.15) is 43.0 Å². The molecular formula is C28H33ClN4O5. The smallest absolute Gasteiger partial charge is 0.407 e. The highest BCUT2D eigenvalue weighted by molar-refractivity contribution is 6.30. The molecule has 0 saturated carbocycles. The van der Waals surface area contributed by atoms with Crippen LogP contribution < -0.4 is 21.8 Å². The summed E-state index contributed by atoms with van der Waals surface area (Å²) in [6.07, 6.45) is 2.70. The molecule has 0 unspecified atom stereocenters. The molecule has 0 aliphatic carbocycles. The standard InChI is InChI=1S/C28H33ClN4O5/c1-19-10-12-33(14-13-32-11-6-5-7-25(32)35)26(36)23(19)16-24(34)30-18-21-15-22(29)9-8-20(21)17-31-27(37)38-28(2,3)4/h5-12,15H,13-14,16-18H2,1-4H3,(H,30,34)(H,31,37). The van der Waals surface area contributed by atoms with Gasteiger partial charge in [0.15, 0.2) is 0 Å². The van der Waals surface area contributed by atoms with Crippen molar-refractivity contribution in [2.75, 3.05) is 0 Å². The van der Waals surface area contributed by atoms with Crippen molar-refractivity contribution >= 4 is 23.6 Å². The Morgan fingerprint density at radius 1 is 0.921 bits per heavy atom. The number of hydrogen-bond donors (Lipinski definition) is 2. The Morgan fingerprint density at radius 2 is 1.63 bits per heavy atom. The summed E-state index contributed by atoms with van der Waals surface area (Å²) in [5, 5.41) is 6.05. The average Bonchev–Trinajstić information content (AvgIpc) is 2.84. The Morgan fingerprint density at radius 3 is 2.34 bits per heavy atom. The SMILES string of the molecule is Cc1ccn(CCn2ccccc2=O)c(=O)c1CC(=O)NCc1cc(Cl)ccc1CNC(=O)OC(C)(C)C. The molecule has 10 heteroatoms. The number of aryl methyl sites for hydroxylation is 3. The Bertz CT molecular complexity index is 1420. The van der Waals surface area contributed by atoms with E-state index in [1.54, 1.807) is 76.5 Å². The van der Waals surface area contributed by atoms with Crippen molar-refractivity contribution in [2.24, 2.45) is 0 Å². The maximum absolute atomic E-state index is 13.1. The lowest BCUT2D eigenvalue weighted by molar-refractivity contribution is -0.120. The molecule has 0 aliphatic rings. The summed E-state index contributed by atoms with van der Waals surface area (Å²) in [4.78, 5) is 49.9. The molecule has 0 radical (unpaired) electrons. The predicted octanol–water partition coefficient (Wildman–Crippen LogP) is 3.56. The number of amides is 2. The zero-order chi connectivity index (χ0) is 27.9. The lowest BCUT2D eigenvalue weighted by Gasteiger charge is -2.20. The van der Waals surface area contributed by atoms with Crippen molar-refractivity contribution in [3.63, 3.8) is 0 Å². The first-order chi connectivity index (χ1) is 17.9. The van der Waals surface area contributed by atoms with Gasteiger partial charge < -0.3 is 24.5 Å². The van der Waals surface area contributed by atoms with Crippen LogP contribution in [0.25, 0.3) is 0 Å². The van der Waals surface area contributed by atoms with Crippen LogP contribution in [0.5, 0.6) is 0 Å². The number of aromatic nitrogens is 2. The largest absolute Gasteiger partial charge is 0.444 e. The number of rotatable bonds is 9. The molecule has 0 bridgehead atoms. The molecule has 3 rings (SSSR count). The quantitative estimate of drug-likeness (QED) is 0.431. The number of carbonyl (C=O) groups excluding carboxylic acids is 2. The van der Waals surface area contributed by atoms with Gasteiger partial charge in [-0.3, -0.25) is 14.4 Å². The van der Waals surface area contributed by atoms with Gasteiger partial charge in [-0.15, -0.1) is 0 Å². The van der Waals surface area contributed by atoms with Crippen molar-refractivity contribution in [1.82, 2.24) is 19.8 Å². The van der Waals surface area contributed by atoms with Crippen molar-refractivity contribution < 1.29 is 14.3 Å². The molecule has 3 aromatic rings. The van der Waals surface area contributed by atoms with E-state index in [4.69, 9.17) is 16.3 Å². The topological polar surface area (TPSA) is 111 Å². The Kier molecular flexibility index (Phi) is 9.52. The summed E-state index contributed by atoms with van der Waals surface area (Å²) in [6, 6.07) is 11.9. The van der Waals surface area contributed by atoms with Crippen LogP contribution in [0.3, 0.4) is 0 Å². The van der Waals surface area contributed by atoms with E-state index < -0.39 is 11.7 Å². The van der Waals surface area contributed by atoms with E-state index in [0.29, 0.717) is 29.2 Å². The third-order valence-electron chi connectivity index (χ3n) is 5.78. The number of halogens is 1. The molecule has 0 fully saturated rings. The maximum atomic E-state index is 13.1. The molecule has 38 heavy (non-hydrogen) atoms. The van der Waals surface area contributed by atoms with Crippen LogP contribution >= 0.6 is 11.6 Å². The van der Waals surface area contributed by atoms with Crippen LogP contribution in [0.15, 0.2) is 64.4 Å². The summed E-state index contributed by atoms with van der Waals surface area (Å²) in [6.45, 7) is 8.13. The van der Waals surface area contributed by atoms with Crippen LogP contribution in [-0.2, 0) is 42.1 Å². The van der Waals surface area contributed by atoms with Crippen molar-refractivity contribution in [3.05, 3.63) is 103 Å². The van der Waals surface area contributed by atoms with Gasteiger partial charge in [0.05, 0.1) is 6.42 Å². The molecule has 202 valence electrons. The minimum Gasteiger partial charge on any atom is -0.444 e. The first-order valence-electron chi connectivity index (χ1n) is 12.3. The van der Waals surface area contributed by atoms with Gasteiger partial charge in [0, 0.05) is 55.2 Å². The van der Waals surface area contributed by atoms with Gasteiger partial charge in [-0.25, -0.2) is 4.79 Å². The third kappa shape index (κ3) is 8.34. The Labute approximate surface area is 226 Å². The van der Waals surface area contributed by atoms with Crippen LogP contribution in [0.4, 0.5) is 4.79 Å². The Hall–Kier alpha value is -3.85. The highest BCUT2D eigenvalue weighted by Gasteiger charge is 2.17. The number of pyridine rings is 2. The molecule has 2 heterocycles. The van der Waals surface area contributed by atoms with Crippen LogP contribution in [0, 0.1) is 6.92 Å². The first-order valence-corrected chi connectivity index (χ1v) is 12.7. The summed E-state index contributed by atoms with van der Waals surface area (Å²) in [5.74, 6) is -0.326. The number of nitrogens with zero attached hydrogens (tertiary/aromatic N) is 2. The van der Waals surface area contributed by atoms with Gasteiger partial charge in [-0.2, -0.15) is 0 Å². The highest BCUT2D eigenvalue weighted by Crippen LogP contribution is 2.17. The van der Waals surface area contributed by atoms with Crippen LogP contribution in [-0.4, -0.2) is 26.7 Å². The second-order valence-corrected chi connectivity index (χ2v) is 10.4. The molecular weight excluding hydrogens is 508 g/mol. The maximum Gasteiger partial charge on any atom is 0.407 e. The fourth-order valence-corrected chi connectivity index (χ4v) is 3.99. The predicted molar refractivity (Wildman–Crippen MR) is 146 cm³/mol. The summed E-state index contributed by atoms with van der Waals surface area (Å²) >= 11 is 6.16. The molecule has 2 aromatic heterocycles. The molecule has 9 nitrogen and oxygen atoms in total. The third-order valence-corrected chi connectivity index (χ3v) is 6.02. The molecule has 1 aromatic carbocycles. The summed E-state index contributed by atoms with van der Waals surface area (Å²) in [5.41, 5.74) is 1.58. The van der Waals surface area contributed by atoms with Gasteiger partial charge in [0.2, 0.25) is 5.91 Å². The zero-order valence-corrected chi connectivity index (χ0v) is 22.8. The number of ether oxygens (including phenoxy) is 1. The molecule has 0 spiro atoms. The van der Waals surface area contributed by atoms with Gasteiger partial charge in [0.25, 0.3) is 11.1 Å². The highest BCUT2D eigenvalue weighted by atomic mass is 35.5. The van der Waals surface area contributed by atoms with Gasteiger partial charge in [-0.1, -0.05) is 23.7 Å². The minimum atomic E-state index is -0.617. The van der Waals surface area contributed by atoms with E-state index in [0.717, 1.165) is 11.1 Å². The second kappa shape index (κ2) is 12.6. The summed E-state index contributed by atoms with van der Waals surface area (Å²) < 4.78 is 8.31. The first kappa shape index (κ1) is 28.7. The van der Waals surface area contributed by atoms with E-state index in [2.05, 4.69) is 10.6 Å². The number of alkyl carbamates (subject to hydrolysis) is 1. The van der Waals surface area contributed by atoms with Gasteiger partial charge in [0.1, 0.15) is 5.60 Å². The number of carbonyl (C=O) groups is 2. The lowest BCUT2D eigenvalue weighted by Crippen LogP contribution is -2.33. The van der Waals surface area contributed by atoms with E-state index in [1.165, 1.54) is 15.2 Å². The number of benzene rings is 1. The van der Waals surface area contributed by atoms with E-state index >= 15 is 0 Å². The second-order valence-electron chi connectivity index (χ2n) is 9.93. The molecule has 0 saturated heterocycles.